The third-order valence-corrected chi connectivity index (χ3v) is 4.34. The van der Waals surface area contributed by atoms with Gasteiger partial charge in [-0.15, -0.1) is 0 Å². The van der Waals surface area contributed by atoms with Crippen LogP contribution in [-0.2, 0) is 6.42 Å². The summed E-state index contributed by atoms with van der Waals surface area (Å²) in [5.74, 6) is 1.66. The normalized spacial score (nSPS) is 14.8. The summed E-state index contributed by atoms with van der Waals surface area (Å²) in [5.41, 5.74) is 2.54. The molecule has 1 heterocycles. The molecule has 122 valence electrons. The quantitative estimate of drug-likeness (QED) is 0.777. The SMILES string of the molecule is COc1cc(Cc2ccccc2)ccc1OCCN1CCCC1. The highest BCUT2D eigenvalue weighted by atomic mass is 16.5. The van der Waals surface area contributed by atoms with E-state index in [4.69, 9.17) is 9.47 Å². The van der Waals surface area contributed by atoms with Gasteiger partial charge in [-0.05, 0) is 55.6 Å². The van der Waals surface area contributed by atoms with Crippen LogP contribution in [0.5, 0.6) is 11.5 Å². The standard InChI is InChI=1S/C20H25NO2/c1-22-20-16-18(15-17-7-3-2-4-8-17)9-10-19(20)23-14-13-21-11-5-6-12-21/h2-4,7-10,16H,5-6,11-15H2,1H3. The Kier molecular flexibility index (Phi) is 5.54. The molecule has 0 aromatic heterocycles. The van der Waals surface area contributed by atoms with E-state index in [2.05, 4.69) is 41.3 Å². The van der Waals surface area contributed by atoms with Crippen LogP contribution in [0, 0.1) is 0 Å². The lowest BCUT2D eigenvalue weighted by molar-refractivity contribution is 0.230. The fourth-order valence-electron chi connectivity index (χ4n) is 3.06. The van der Waals surface area contributed by atoms with E-state index in [-0.39, 0.29) is 0 Å². The first-order chi connectivity index (χ1) is 11.3. The Morgan fingerprint density at radius 2 is 1.70 bits per heavy atom. The molecule has 2 aromatic carbocycles. The van der Waals surface area contributed by atoms with Gasteiger partial charge in [-0.3, -0.25) is 4.90 Å². The predicted octanol–water partition coefficient (Wildman–Crippen LogP) is 3.76. The molecule has 1 saturated heterocycles. The summed E-state index contributed by atoms with van der Waals surface area (Å²) in [7, 11) is 1.70. The Morgan fingerprint density at radius 1 is 0.913 bits per heavy atom. The van der Waals surface area contributed by atoms with Crippen LogP contribution in [-0.4, -0.2) is 38.3 Å². The lowest BCUT2D eigenvalue weighted by Crippen LogP contribution is -2.25. The number of rotatable bonds is 7. The molecular formula is C20H25NO2. The molecule has 0 spiro atoms. The van der Waals surface area contributed by atoms with Crippen LogP contribution in [0.25, 0.3) is 0 Å². The first-order valence-corrected chi connectivity index (χ1v) is 8.41. The highest BCUT2D eigenvalue weighted by molar-refractivity contribution is 5.44. The summed E-state index contributed by atoms with van der Waals surface area (Å²) < 4.78 is 11.4. The lowest BCUT2D eigenvalue weighted by Gasteiger charge is -2.16. The van der Waals surface area contributed by atoms with Crippen LogP contribution in [0.15, 0.2) is 48.5 Å². The second-order valence-electron chi connectivity index (χ2n) is 6.04. The minimum Gasteiger partial charge on any atom is -0.493 e. The van der Waals surface area contributed by atoms with Crippen LogP contribution in [0.4, 0.5) is 0 Å². The van der Waals surface area contributed by atoms with Crippen molar-refractivity contribution in [3.63, 3.8) is 0 Å². The molecule has 2 aromatic rings. The highest BCUT2D eigenvalue weighted by Gasteiger charge is 2.12. The van der Waals surface area contributed by atoms with Crippen molar-refractivity contribution in [3.05, 3.63) is 59.7 Å². The summed E-state index contributed by atoms with van der Waals surface area (Å²) in [4.78, 5) is 2.45. The Labute approximate surface area is 138 Å². The molecular weight excluding hydrogens is 286 g/mol. The van der Waals surface area contributed by atoms with Crippen LogP contribution in [0.3, 0.4) is 0 Å². The van der Waals surface area contributed by atoms with Crippen molar-refractivity contribution in [1.82, 2.24) is 4.90 Å². The van der Waals surface area contributed by atoms with Crippen molar-refractivity contribution in [2.75, 3.05) is 33.4 Å². The summed E-state index contributed by atoms with van der Waals surface area (Å²) >= 11 is 0. The van der Waals surface area contributed by atoms with Crippen molar-refractivity contribution in [3.8, 4) is 11.5 Å². The maximum Gasteiger partial charge on any atom is 0.161 e. The van der Waals surface area contributed by atoms with Gasteiger partial charge in [0.15, 0.2) is 11.5 Å². The van der Waals surface area contributed by atoms with E-state index in [0.29, 0.717) is 6.61 Å². The smallest absolute Gasteiger partial charge is 0.161 e. The largest absolute Gasteiger partial charge is 0.493 e. The average Bonchev–Trinajstić information content (AvgIpc) is 3.10. The molecule has 0 unspecified atom stereocenters. The Hall–Kier alpha value is -2.00. The zero-order chi connectivity index (χ0) is 15.9. The third kappa shape index (κ3) is 4.49. The Balaban J connectivity index is 1.60. The molecule has 0 aliphatic carbocycles. The number of likely N-dealkylation sites (tertiary alicyclic amines) is 1. The number of nitrogens with zero attached hydrogens (tertiary/aromatic N) is 1. The number of methoxy groups -OCH3 is 1. The number of hydrogen-bond acceptors (Lipinski definition) is 3. The molecule has 0 bridgehead atoms. The maximum atomic E-state index is 5.93. The number of benzene rings is 2. The molecule has 0 saturated carbocycles. The van der Waals surface area contributed by atoms with Crippen molar-refractivity contribution in [2.24, 2.45) is 0 Å². The van der Waals surface area contributed by atoms with Gasteiger partial charge in [0.1, 0.15) is 6.61 Å². The zero-order valence-electron chi connectivity index (χ0n) is 13.8. The lowest BCUT2D eigenvalue weighted by atomic mass is 10.0. The first kappa shape index (κ1) is 15.9. The van der Waals surface area contributed by atoms with Crippen molar-refractivity contribution >= 4 is 0 Å². The third-order valence-electron chi connectivity index (χ3n) is 4.34. The highest BCUT2D eigenvalue weighted by Crippen LogP contribution is 2.29. The van der Waals surface area contributed by atoms with Gasteiger partial charge in [0.2, 0.25) is 0 Å². The topological polar surface area (TPSA) is 21.7 Å². The summed E-state index contributed by atoms with van der Waals surface area (Å²) in [6, 6.07) is 16.7. The van der Waals surface area contributed by atoms with E-state index in [1.54, 1.807) is 7.11 Å². The molecule has 3 heteroatoms. The van der Waals surface area contributed by atoms with Crippen LogP contribution in [0.2, 0.25) is 0 Å². The Bertz CT molecular complexity index is 606. The van der Waals surface area contributed by atoms with Crippen LogP contribution < -0.4 is 9.47 Å². The molecule has 1 aliphatic heterocycles. The van der Waals surface area contributed by atoms with Crippen molar-refractivity contribution in [2.45, 2.75) is 19.3 Å². The zero-order valence-corrected chi connectivity index (χ0v) is 13.8. The van der Waals surface area contributed by atoms with E-state index in [1.165, 1.54) is 37.1 Å². The van der Waals surface area contributed by atoms with Crippen LogP contribution in [0.1, 0.15) is 24.0 Å². The maximum absolute atomic E-state index is 5.93. The Morgan fingerprint density at radius 3 is 2.43 bits per heavy atom. The number of ether oxygens (including phenoxy) is 2. The average molecular weight is 311 g/mol. The van der Waals surface area contributed by atoms with Crippen molar-refractivity contribution in [1.29, 1.82) is 0 Å². The van der Waals surface area contributed by atoms with E-state index >= 15 is 0 Å². The molecule has 3 nitrogen and oxygen atoms in total. The van der Waals surface area contributed by atoms with Gasteiger partial charge in [-0.2, -0.15) is 0 Å². The van der Waals surface area contributed by atoms with Gasteiger partial charge < -0.3 is 9.47 Å². The summed E-state index contributed by atoms with van der Waals surface area (Å²) in [5, 5.41) is 0. The molecule has 0 radical (unpaired) electrons. The minimum absolute atomic E-state index is 0.717. The van der Waals surface area contributed by atoms with Gasteiger partial charge in [0.25, 0.3) is 0 Å². The van der Waals surface area contributed by atoms with Gasteiger partial charge in [0.05, 0.1) is 7.11 Å². The van der Waals surface area contributed by atoms with Gasteiger partial charge >= 0.3 is 0 Å². The van der Waals surface area contributed by atoms with E-state index in [9.17, 15) is 0 Å². The number of hydrogen-bond donors (Lipinski definition) is 0. The molecule has 1 fully saturated rings. The predicted molar refractivity (Wildman–Crippen MR) is 93.4 cm³/mol. The molecule has 3 rings (SSSR count). The minimum atomic E-state index is 0.717. The molecule has 0 atom stereocenters. The van der Waals surface area contributed by atoms with Gasteiger partial charge in [-0.1, -0.05) is 36.4 Å². The molecule has 0 amide bonds. The van der Waals surface area contributed by atoms with Crippen molar-refractivity contribution < 1.29 is 9.47 Å². The fraction of sp³-hybridized carbons (Fsp3) is 0.400. The first-order valence-electron chi connectivity index (χ1n) is 8.41. The van der Waals surface area contributed by atoms with Crippen LogP contribution >= 0.6 is 0 Å². The molecule has 1 aliphatic rings. The summed E-state index contributed by atoms with van der Waals surface area (Å²) in [6.07, 6.45) is 3.54. The van der Waals surface area contributed by atoms with Gasteiger partial charge in [0, 0.05) is 6.54 Å². The second-order valence-corrected chi connectivity index (χ2v) is 6.04. The van der Waals surface area contributed by atoms with E-state index in [0.717, 1.165) is 24.5 Å². The van der Waals surface area contributed by atoms with E-state index in [1.807, 2.05) is 12.1 Å². The van der Waals surface area contributed by atoms with Gasteiger partial charge in [-0.25, -0.2) is 0 Å². The molecule has 0 N–H and O–H groups in total. The molecule has 23 heavy (non-hydrogen) atoms. The fourth-order valence-corrected chi connectivity index (χ4v) is 3.06. The second kappa shape index (κ2) is 8.02. The van der Waals surface area contributed by atoms with E-state index < -0.39 is 0 Å². The monoisotopic (exact) mass is 311 g/mol. The summed E-state index contributed by atoms with van der Waals surface area (Å²) in [6.45, 7) is 4.12.